The average Bonchev–Trinajstić information content (AvgIpc) is 3.20. The molecule has 0 spiro atoms. The van der Waals surface area contributed by atoms with Crippen LogP contribution >= 0.6 is 0 Å². The Morgan fingerprint density at radius 3 is 2.78 bits per heavy atom. The smallest absolute Gasteiger partial charge is 0.338 e. The topological polar surface area (TPSA) is 80.0 Å². The van der Waals surface area contributed by atoms with E-state index in [0.29, 0.717) is 47.5 Å². The van der Waals surface area contributed by atoms with E-state index in [1.165, 1.54) is 0 Å². The van der Waals surface area contributed by atoms with Crippen molar-refractivity contribution in [3.63, 3.8) is 0 Å². The summed E-state index contributed by atoms with van der Waals surface area (Å²) in [5.41, 5.74) is 1.72. The summed E-state index contributed by atoms with van der Waals surface area (Å²) in [7, 11) is 1.54. The van der Waals surface area contributed by atoms with Gasteiger partial charge in [0.15, 0.2) is 17.3 Å². The first kappa shape index (κ1) is 17.0. The van der Waals surface area contributed by atoms with E-state index >= 15 is 0 Å². The fourth-order valence-electron chi connectivity index (χ4n) is 2.69. The molecule has 0 aliphatic carbocycles. The van der Waals surface area contributed by atoms with Gasteiger partial charge in [-0.1, -0.05) is 11.2 Å². The van der Waals surface area contributed by atoms with Gasteiger partial charge in [-0.25, -0.2) is 4.79 Å². The quantitative estimate of drug-likeness (QED) is 0.639. The van der Waals surface area contributed by atoms with Crippen LogP contribution in [0.3, 0.4) is 0 Å². The van der Waals surface area contributed by atoms with Gasteiger partial charge in [-0.2, -0.15) is 0 Å². The zero-order valence-electron chi connectivity index (χ0n) is 14.6. The lowest BCUT2D eigenvalue weighted by Crippen LogP contribution is -2.15. The number of nitrogens with zero attached hydrogens (tertiary/aromatic N) is 1. The number of hydrogen-bond acceptors (Lipinski definition) is 7. The third kappa shape index (κ3) is 3.72. The van der Waals surface area contributed by atoms with Crippen LogP contribution in [0.1, 0.15) is 16.1 Å². The van der Waals surface area contributed by atoms with E-state index in [0.717, 1.165) is 5.56 Å². The second kappa shape index (κ2) is 7.41. The van der Waals surface area contributed by atoms with Crippen LogP contribution in [-0.4, -0.2) is 31.4 Å². The number of aromatic nitrogens is 1. The van der Waals surface area contributed by atoms with Gasteiger partial charge in [-0.05, 0) is 36.4 Å². The van der Waals surface area contributed by atoms with Crippen LogP contribution in [0.5, 0.6) is 17.2 Å². The third-order valence-corrected chi connectivity index (χ3v) is 4.04. The maximum atomic E-state index is 12.2. The van der Waals surface area contributed by atoms with Gasteiger partial charge >= 0.3 is 5.97 Å². The zero-order chi connectivity index (χ0) is 18.6. The van der Waals surface area contributed by atoms with Crippen LogP contribution in [0, 0.1) is 0 Å². The molecule has 138 valence electrons. The van der Waals surface area contributed by atoms with E-state index in [1.807, 2.05) is 18.2 Å². The van der Waals surface area contributed by atoms with Crippen molar-refractivity contribution < 1.29 is 28.3 Å². The van der Waals surface area contributed by atoms with E-state index in [2.05, 4.69) is 5.16 Å². The summed E-state index contributed by atoms with van der Waals surface area (Å²) in [6, 6.07) is 14.0. The Balaban J connectivity index is 1.43. The highest BCUT2D eigenvalue weighted by Crippen LogP contribution is 2.34. The largest absolute Gasteiger partial charge is 0.497 e. The molecule has 1 aliphatic heterocycles. The molecule has 0 amide bonds. The normalized spacial score (nSPS) is 12.5. The van der Waals surface area contributed by atoms with Gasteiger partial charge in [0.2, 0.25) is 0 Å². The Bertz CT molecular complexity index is 965. The van der Waals surface area contributed by atoms with Gasteiger partial charge in [0.25, 0.3) is 0 Å². The van der Waals surface area contributed by atoms with E-state index in [-0.39, 0.29) is 6.61 Å². The Hall–Kier alpha value is -3.48. The second-order valence-electron chi connectivity index (χ2n) is 5.85. The first-order valence-corrected chi connectivity index (χ1v) is 8.40. The van der Waals surface area contributed by atoms with Gasteiger partial charge in [0.05, 0.1) is 12.7 Å². The number of carbonyl (C=O) groups excluding carboxylic acids is 1. The molecule has 4 rings (SSSR count). The standard InChI is InChI=1S/C20H17NO6/c1-23-16-4-2-3-14(9-16)20(22)26-12-15-11-18(27-21-15)13-5-6-17-19(10-13)25-8-7-24-17/h2-6,9-11H,7-8,12H2,1H3. The maximum Gasteiger partial charge on any atom is 0.338 e. The Morgan fingerprint density at radius 2 is 1.93 bits per heavy atom. The molecular formula is C20H17NO6. The molecule has 0 radical (unpaired) electrons. The van der Waals surface area contributed by atoms with Crippen LogP contribution in [0.15, 0.2) is 53.1 Å². The highest BCUT2D eigenvalue weighted by molar-refractivity contribution is 5.89. The molecule has 2 heterocycles. The van der Waals surface area contributed by atoms with Crippen molar-refractivity contribution in [3.05, 3.63) is 59.8 Å². The molecule has 0 atom stereocenters. The molecule has 3 aromatic rings. The Morgan fingerprint density at radius 1 is 1.07 bits per heavy atom. The summed E-state index contributed by atoms with van der Waals surface area (Å²) in [5.74, 6) is 2.06. The average molecular weight is 367 g/mol. The molecule has 27 heavy (non-hydrogen) atoms. The van der Waals surface area contributed by atoms with Crippen molar-refractivity contribution >= 4 is 5.97 Å². The highest BCUT2D eigenvalue weighted by Gasteiger charge is 2.16. The minimum absolute atomic E-state index is 0.00406. The van der Waals surface area contributed by atoms with Crippen molar-refractivity contribution in [2.24, 2.45) is 0 Å². The molecule has 0 N–H and O–H groups in total. The molecule has 0 fully saturated rings. The van der Waals surface area contributed by atoms with E-state index in [4.69, 9.17) is 23.5 Å². The van der Waals surface area contributed by atoms with Crippen LogP contribution < -0.4 is 14.2 Å². The maximum absolute atomic E-state index is 12.2. The van der Waals surface area contributed by atoms with Gasteiger partial charge in [-0.3, -0.25) is 0 Å². The van der Waals surface area contributed by atoms with Crippen LogP contribution in [0.2, 0.25) is 0 Å². The molecule has 2 aromatic carbocycles. The number of fused-ring (bicyclic) bond motifs is 1. The fourth-order valence-corrected chi connectivity index (χ4v) is 2.69. The third-order valence-electron chi connectivity index (χ3n) is 4.04. The van der Waals surface area contributed by atoms with Crippen molar-refractivity contribution in [1.29, 1.82) is 0 Å². The number of benzene rings is 2. The molecule has 0 saturated heterocycles. The summed E-state index contributed by atoms with van der Waals surface area (Å²) in [6.45, 7) is 1.06. The monoisotopic (exact) mass is 367 g/mol. The Kier molecular flexibility index (Phi) is 4.65. The zero-order valence-corrected chi connectivity index (χ0v) is 14.6. The van der Waals surface area contributed by atoms with Gasteiger partial charge in [0, 0.05) is 11.6 Å². The summed E-state index contributed by atoms with van der Waals surface area (Å²) in [4.78, 5) is 12.2. The molecule has 0 saturated carbocycles. The van der Waals surface area contributed by atoms with E-state index in [1.54, 1.807) is 37.4 Å². The number of hydrogen-bond donors (Lipinski definition) is 0. The first-order valence-electron chi connectivity index (χ1n) is 8.40. The predicted molar refractivity (Wildman–Crippen MR) is 95.0 cm³/mol. The van der Waals surface area contributed by atoms with E-state index in [9.17, 15) is 4.79 Å². The minimum Gasteiger partial charge on any atom is -0.497 e. The minimum atomic E-state index is -0.460. The van der Waals surface area contributed by atoms with Crippen molar-refractivity contribution in [1.82, 2.24) is 5.16 Å². The number of methoxy groups -OCH3 is 1. The summed E-state index contributed by atoms with van der Waals surface area (Å²) in [6.07, 6.45) is 0. The predicted octanol–water partition coefficient (Wildman–Crippen LogP) is 3.48. The molecule has 7 heteroatoms. The first-order chi connectivity index (χ1) is 13.2. The Labute approximate surface area is 155 Å². The lowest BCUT2D eigenvalue weighted by atomic mass is 10.1. The molecular weight excluding hydrogens is 350 g/mol. The van der Waals surface area contributed by atoms with Crippen molar-refractivity contribution in [2.75, 3.05) is 20.3 Å². The van der Waals surface area contributed by atoms with Crippen molar-refractivity contribution in [2.45, 2.75) is 6.61 Å². The highest BCUT2D eigenvalue weighted by atomic mass is 16.6. The van der Waals surface area contributed by atoms with Gasteiger partial charge in [-0.15, -0.1) is 0 Å². The molecule has 0 unspecified atom stereocenters. The summed E-state index contributed by atoms with van der Waals surface area (Å²) >= 11 is 0. The lowest BCUT2D eigenvalue weighted by Gasteiger charge is -2.18. The van der Waals surface area contributed by atoms with Crippen LogP contribution in [-0.2, 0) is 11.3 Å². The number of rotatable bonds is 5. The van der Waals surface area contributed by atoms with Crippen LogP contribution in [0.25, 0.3) is 11.3 Å². The lowest BCUT2D eigenvalue weighted by molar-refractivity contribution is 0.0464. The summed E-state index contributed by atoms with van der Waals surface area (Å²) < 4.78 is 26.8. The SMILES string of the molecule is COc1cccc(C(=O)OCc2cc(-c3ccc4c(c3)OCCO4)on2)c1. The molecule has 0 bridgehead atoms. The second-order valence-corrected chi connectivity index (χ2v) is 5.85. The summed E-state index contributed by atoms with van der Waals surface area (Å²) in [5, 5.41) is 3.96. The molecule has 1 aliphatic rings. The fraction of sp³-hybridized carbons (Fsp3) is 0.200. The van der Waals surface area contributed by atoms with Crippen LogP contribution in [0.4, 0.5) is 0 Å². The van der Waals surface area contributed by atoms with Gasteiger partial charge < -0.3 is 23.5 Å². The number of ether oxygens (including phenoxy) is 4. The van der Waals surface area contributed by atoms with Gasteiger partial charge in [0.1, 0.15) is 31.3 Å². The molecule has 1 aromatic heterocycles. The number of carbonyl (C=O) groups is 1. The van der Waals surface area contributed by atoms with E-state index < -0.39 is 5.97 Å². The van der Waals surface area contributed by atoms with Crippen molar-refractivity contribution in [3.8, 4) is 28.6 Å². The molecule has 7 nitrogen and oxygen atoms in total. The number of esters is 1.